The van der Waals surface area contributed by atoms with Gasteiger partial charge in [-0.25, -0.2) is 18.6 Å². The summed E-state index contributed by atoms with van der Waals surface area (Å²) in [5, 5.41) is 7.21. The van der Waals surface area contributed by atoms with Crippen LogP contribution in [0, 0.1) is 17.5 Å². The van der Waals surface area contributed by atoms with Crippen LogP contribution >= 0.6 is 27.5 Å². The Kier molecular flexibility index (Phi) is 6.26. The number of nitrogens with two attached hydrogens (primary N) is 1. The molecule has 1 aliphatic rings. The van der Waals surface area contributed by atoms with Gasteiger partial charge in [-0.3, -0.25) is 4.79 Å². The Bertz CT molecular complexity index is 1360. The van der Waals surface area contributed by atoms with Gasteiger partial charge in [0.2, 0.25) is 11.9 Å². The van der Waals surface area contributed by atoms with E-state index in [2.05, 4.69) is 41.7 Å². The highest BCUT2D eigenvalue weighted by Gasteiger charge is 2.42. The molecule has 0 atom stereocenters. The molecule has 3 aromatic rings. The first kappa shape index (κ1) is 24.0. The molecule has 7 nitrogen and oxygen atoms in total. The molecular weight excluding hydrogens is 537 g/mol. The fraction of sp³-hybridized carbons (Fsp3) is 0.182. The third-order valence-electron chi connectivity index (χ3n) is 5.37. The van der Waals surface area contributed by atoms with Crippen LogP contribution in [0.4, 0.5) is 30.8 Å². The molecule has 0 bridgehead atoms. The number of carbonyl (C=O) groups is 1. The van der Waals surface area contributed by atoms with Gasteiger partial charge in [-0.1, -0.05) is 27.5 Å². The van der Waals surface area contributed by atoms with Crippen LogP contribution in [0.2, 0.25) is 5.02 Å². The summed E-state index contributed by atoms with van der Waals surface area (Å²) in [6, 6.07) is 6.31. The fourth-order valence-electron chi connectivity index (χ4n) is 3.54. The van der Waals surface area contributed by atoms with Crippen LogP contribution in [0.25, 0.3) is 0 Å². The number of hydrazone groups is 1. The number of halogens is 5. The molecule has 176 valence electrons. The monoisotopic (exact) mass is 552 g/mol. The molecule has 0 spiro atoms. The van der Waals surface area contributed by atoms with Gasteiger partial charge in [0.25, 0.3) is 0 Å². The molecule has 0 fully saturated rings. The number of carbonyl (C=O) groups excluding carboxylic acids is 1. The highest BCUT2D eigenvalue weighted by Crippen LogP contribution is 2.39. The number of benzene rings is 2. The Balaban J connectivity index is 1.77. The molecule has 1 amide bonds. The van der Waals surface area contributed by atoms with Crippen molar-refractivity contribution in [3.63, 3.8) is 0 Å². The van der Waals surface area contributed by atoms with Gasteiger partial charge in [-0.2, -0.15) is 15.1 Å². The summed E-state index contributed by atoms with van der Waals surface area (Å²) in [5.41, 5.74) is 8.18. The normalized spacial score (nSPS) is 14.7. The highest BCUT2D eigenvalue weighted by molar-refractivity contribution is 9.10. The van der Waals surface area contributed by atoms with Crippen LogP contribution in [0.3, 0.4) is 0 Å². The van der Waals surface area contributed by atoms with Crippen molar-refractivity contribution in [3.05, 3.63) is 74.0 Å². The summed E-state index contributed by atoms with van der Waals surface area (Å²) < 4.78 is 43.0. The second kappa shape index (κ2) is 8.88. The number of anilines is 3. The van der Waals surface area contributed by atoms with Gasteiger partial charge in [0.1, 0.15) is 17.5 Å². The molecule has 0 saturated carbocycles. The Labute approximate surface area is 205 Å². The molecule has 0 saturated heterocycles. The Morgan fingerprint density at radius 1 is 1.21 bits per heavy atom. The van der Waals surface area contributed by atoms with Crippen molar-refractivity contribution < 1.29 is 18.0 Å². The second-order valence-corrected chi connectivity index (χ2v) is 9.32. The van der Waals surface area contributed by atoms with E-state index < -0.39 is 34.9 Å². The van der Waals surface area contributed by atoms with Crippen LogP contribution in [0.15, 0.2) is 39.9 Å². The second-order valence-electron chi connectivity index (χ2n) is 8.03. The molecule has 1 aromatic heterocycles. The molecule has 0 unspecified atom stereocenters. The minimum absolute atomic E-state index is 0.0647. The lowest BCUT2D eigenvalue weighted by Crippen LogP contribution is -2.27. The zero-order chi connectivity index (χ0) is 24.8. The minimum atomic E-state index is -1.33. The van der Waals surface area contributed by atoms with Gasteiger partial charge in [-0.05, 0) is 44.2 Å². The molecule has 4 rings (SSSR count). The fourth-order valence-corrected chi connectivity index (χ4v) is 4.19. The van der Waals surface area contributed by atoms with Crippen LogP contribution < -0.4 is 16.5 Å². The van der Waals surface area contributed by atoms with Crippen molar-refractivity contribution in [2.24, 2.45) is 5.10 Å². The molecule has 0 aliphatic carbocycles. The average Bonchev–Trinajstić information content (AvgIpc) is 3.00. The number of hydrogen-bond donors (Lipinski definition) is 3. The zero-order valence-electron chi connectivity index (χ0n) is 17.8. The topological polar surface area (TPSA) is 105 Å². The van der Waals surface area contributed by atoms with Crippen molar-refractivity contribution in [2.75, 3.05) is 16.5 Å². The summed E-state index contributed by atoms with van der Waals surface area (Å²) in [7, 11) is 0. The molecular formula is C22H17BrClF3N6O. The van der Waals surface area contributed by atoms with E-state index >= 15 is 0 Å². The number of rotatable bonds is 5. The zero-order valence-corrected chi connectivity index (χ0v) is 20.2. The van der Waals surface area contributed by atoms with Crippen LogP contribution in [0.5, 0.6) is 0 Å². The summed E-state index contributed by atoms with van der Waals surface area (Å²) in [6.45, 7) is 3.38. The van der Waals surface area contributed by atoms with Gasteiger partial charge >= 0.3 is 0 Å². The number of amides is 1. The van der Waals surface area contributed by atoms with E-state index in [9.17, 15) is 18.0 Å². The van der Waals surface area contributed by atoms with Crippen molar-refractivity contribution in [2.45, 2.75) is 25.7 Å². The third kappa shape index (κ3) is 4.32. The van der Waals surface area contributed by atoms with Crippen molar-refractivity contribution in [1.82, 2.24) is 9.97 Å². The maximum Gasteiger partial charge on any atom is 0.247 e. The summed E-state index contributed by atoms with van der Waals surface area (Å²) >= 11 is 9.47. The summed E-state index contributed by atoms with van der Waals surface area (Å²) in [4.78, 5) is 20.6. The molecule has 2 aromatic carbocycles. The third-order valence-corrected chi connectivity index (χ3v) is 6.30. The van der Waals surface area contributed by atoms with Gasteiger partial charge in [0, 0.05) is 27.0 Å². The van der Waals surface area contributed by atoms with Gasteiger partial charge in [0.15, 0.2) is 11.6 Å². The first-order valence-electron chi connectivity index (χ1n) is 9.89. The number of nitrogens with one attached hydrogen (secondary N) is 2. The molecule has 0 radical (unpaired) electrons. The van der Waals surface area contributed by atoms with Crippen molar-refractivity contribution in [3.8, 4) is 0 Å². The maximum absolute atomic E-state index is 14.4. The van der Waals surface area contributed by atoms with E-state index in [-0.39, 0.29) is 29.2 Å². The van der Waals surface area contributed by atoms with Crippen LogP contribution in [-0.2, 0) is 16.6 Å². The maximum atomic E-state index is 14.4. The molecule has 1 aliphatic heterocycles. The smallest absolute Gasteiger partial charge is 0.247 e. The lowest BCUT2D eigenvalue weighted by Gasteiger charge is -2.16. The number of aromatic nitrogens is 2. The van der Waals surface area contributed by atoms with E-state index in [0.717, 1.165) is 6.07 Å². The summed E-state index contributed by atoms with van der Waals surface area (Å²) in [6.07, 6.45) is -0.425. The number of fused-ring (bicyclic) bond motifs is 1. The molecule has 4 N–H and O–H groups in total. The standard InChI is InChI=1S/C22H17BrClF3N6O/c1-22(2)16-18(28)29-21(31-19(16)30-20(22)34)33-32-15(10-7-9(24)3-4-12(10)23)8-11-13(25)5-6-14(26)17(11)27/h3-7H,8H2,1-2H3,(H4,28,29,30,31,33,34)/b32-15-. The average molecular weight is 554 g/mol. The lowest BCUT2D eigenvalue weighted by molar-refractivity contribution is -0.119. The first-order valence-corrected chi connectivity index (χ1v) is 11.1. The van der Waals surface area contributed by atoms with Gasteiger partial charge in [-0.15, -0.1) is 0 Å². The quantitative estimate of drug-likeness (QED) is 0.229. The van der Waals surface area contributed by atoms with Crippen LogP contribution in [0.1, 0.15) is 30.5 Å². The lowest BCUT2D eigenvalue weighted by atomic mass is 9.87. The Morgan fingerprint density at radius 2 is 1.91 bits per heavy atom. The van der Waals surface area contributed by atoms with E-state index in [4.69, 9.17) is 17.3 Å². The van der Waals surface area contributed by atoms with Crippen molar-refractivity contribution >= 4 is 56.7 Å². The largest absolute Gasteiger partial charge is 0.383 e. The van der Waals surface area contributed by atoms with Gasteiger partial charge < -0.3 is 11.1 Å². The van der Waals surface area contributed by atoms with E-state index in [1.807, 2.05) is 0 Å². The molecule has 34 heavy (non-hydrogen) atoms. The number of nitrogens with zero attached hydrogens (tertiary/aromatic N) is 3. The van der Waals surface area contributed by atoms with Gasteiger partial charge in [0.05, 0.1) is 16.7 Å². The van der Waals surface area contributed by atoms with E-state index in [1.54, 1.807) is 26.0 Å². The Hall–Kier alpha value is -3.18. The molecule has 2 heterocycles. The SMILES string of the molecule is CC1(C)C(=O)Nc2nc(N/N=C(/Cc3c(F)ccc(F)c3F)c3cc(Cl)ccc3Br)nc(N)c21. The Morgan fingerprint density at radius 3 is 2.65 bits per heavy atom. The highest BCUT2D eigenvalue weighted by atomic mass is 79.9. The predicted octanol–water partition coefficient (Wildman–Crippen LogP) is 5.18. The first-order chi connectivity index (χ1) is 16.0. The molecule has 12 heteroatoms. The predicted molar refractivity (Wildman–Crippen MR) is 127 cm³/mol. The van der Waals surface area contributed by atoms with E-state index in [0.29, 0.717) is 26.7 Å². The number of nitrogen functional groups attached to an aromatic ring is 1. The minimum Gasteiger partial charge on any atom is -0.383 e. The van der Waals surface area contributed by atoms with Crippen molar-refractivity contribution in [1.29, 1.82) is 0 Å². The number of hydrogen-bond acceptors (Lipinski definition) is 6. The van der Waals surface area contributed by atoms with E-state index in [1.165, 1.54) is 6.07 Å². The summed E-state index contributed by atoms with van der Waals surface area (Å²) in [5.74, 6) is -3.51. The van der Waals surface area contributed by atoms with Crippen LogP contribution in [-0.4, -0.2) is 21.6 Å².